The normalized spacial score (nSPS) is 10.9. The minimum Gasteiger partial charge on any atom is -0.480 e. The number of hydrogen-bond donors (Lipinski definition) is 1. The van der Waals surface area contributed by atoms with Crippen molar-refractivity contribution < 1.29 is 14.3 Å². The van der Waals surface area contributed by atoms with Crippen molar-refractivity contribution in [2.24, 2.45) is 0 Å². The minimum absolute atomic E-state index is 0.186. The van der Waals surface area contributed by atoms with Crippen molar-refractivity contribution in [3.05, 3.63) is 36.9 Å². The monoisotopic (exact) mass is 243 g/mol. The Morgan fingerprint density at radius 2 is 2.33 bits per heavy atom. The van der Waals surface area contributed by atoms with Crippen molar-refractivity contribution in [2.75, 3.05) is 0 Å². The SMILES string of the molecule is O=C(O)Cn1c(-c2ccoc2)nc2cccnc21. The molecule has 3 aromatic heterocycles. The smallest absolute Gasteiger partial charge is 0.323 e. The van der Waals surface area contributed by atoms with Gasteiger partial charge in [0.1, 0.15) is 24.1 Å². The molecule has 0 aromatic carbocycles. The molecule has 0 amide bonds. The maximum Gasteiger partial charge on any atom is 0.323 e. The number of fused-ring (bicyclic) bond motifs is 1. The highest BCUT2D eigenvalue weighted by Gasteiger charge is 2.16. The lowest BCUT2D eigenvalue weighted by Crippen LogP contribution is -2.10. The highest BCUT2D eigenvalue weighted by Crippen LogP contribution is 2.23. The molecular formula is C12H9N3O3. The fraction of sp³-hybridized carbons (Fsp3) is 0.0833. The van der Waals surface area contributed by atoms with E-state index in [1.165, 1.54) is 12.5 Å². The predicted molar refractivity (Wildman–Crippen MR) is 62.9 cm³/mol. The van der Waals surface area contributed by atoms with E-state index in [1.807, 2.05) is 0 Å². The number of aliphatic carboxylic acids is 1. The topological polar surface area (TPSA) is 81.1 Å². The largest absolute Gasteiger partial charge is 0.480 e. The molecule has 3 aromatic rings. The van der Waals surface area contributed by atoms with Crippen molar-refractivity contribution in [3.63, 3.8) is 0 Å². The maximum atomic E-state index is 10.9. The molecule has 0 bridgehead atoms. The lowest BCUT2D eigenvalue weighted by Gasteiger charge is -2.03. The summed E-state index contributed by atoms with van der Waals surface area (Å²) >= 11 is 0. The molecule has 6 nitrogen and oxygen atoms in total. The summed E-state index contributed by atoms with van der Waals surface area (Å²) in [5.74, 6) is -0.399. The van der Waals surface area contributed by atoms with Gasteiger partial charge in [0.15, 0.2) is 5.65 Å². The fourth-order valence-corrected chi connectivity index (χ4v) is 1.86. The van der Waals surface area contributed by atoms with Crippen molar-refractivity contribution in [2.45, 2.75) is 6.54 Å². The Labute approximate surface area is 102 Å². The van der Waals surface area contributed by atoms with Crippen LogP contribution in [0.25, 0.3) is 22.6 Å². The van der Waals surface area contributed by atoms with Crippen LogP contribution >= 0.6 is 0 Å². The number of aromatic nitrogens is 3. The number of nitrogens with zero attached hydrogens (tertiary/aromatic N) is 3. The van der Waals surface area contributed by atoms with E-state index in [0.717, 1.165) is 5.56 Å². The maximum absolute atomic E-state index is 10.9. The van der Waals surface area contributed by atoms with Crippen molar-refractivity contribution in [3.8, 4) is 11.4 Å². The lowest BCUT2D eigenvalue weighted by molar-refractivity contribution is -0.137. The molecule has 90 valence electrons. The Morgan fingerprint density at radius 3 is 3.06 bits per heavy atom. The summed E-state index contributed by atoms with van der Waals surface area (Å²) in [6.07, 6.45) is 4.66. The fourth-order valence-electron chi connectivity index (χ4n) is 1.86. The van der Waals surface area contributed by atoms with Crippen LogP contribution in [0.4, 0.5) is 0 Å². The molecule has 0 saturated carbocycles. The van der Waals surface area contributed by atoms with Gasteiger partial charge in [-0.15, -0.1) is 0 Å². The molecule has 0 spiro atoms. The summed E-state index contributed by atoms with van der Waals surface area (Å²) < 4.78 is 6.56. The van der Waals surface area contributed by atoms with Crippen LogP contribution in [0.5, 0.6) is 0 Å². The van der Waals surface area contributed by atoms with E-state index in [-0.39, 0.29) is 6.54 Å². The summed E-state index contributed by atoms with van der Waals surface area (Å²) in [6, 6.07) is 5.30. The molecule has 0 aliphatic rings. The Hall–Kier alpha value is -2.63. The molecule has 0 atom stereocenters. The highest BCUT2D eigenvalue weighted by atomic mass is 16.4. The second-order valence-corrected chi connectivity index (χ2v) is 3.77. The second-order valence-electron chi connectivity index (χ2n) is 3.77. The van der Waals surface area contributed by atoms with Crippen molar-refractivity contribution >= 4 is 17.1 Å². The standard InChI is InChI=1S/C12H9N3O3/c16-10(17)6-15-11(8-3-5-18-7-8)14-9-2-1-4-13-12(9)15/h1-5,7H,6H2,(H,16,17). The minimum atomic E-state index is -0.940. The average molecular weight is 243 g/mol. The Kier molecular flexibility index (Phi) is 2.33. The van der Waals surface area contributed by atoms with Crippen molar-refractivity contribution in [1.82, 2.24) is 14.5 Å². The number of carbonyl (C=O) groups is 1. The first-order valence-corrected chi connectivity index (χ1v) is 5.31. The molecule has 3 heterocycles. The predicted octanol–water partition coefficient (Wildman–Crippen LogP) is 1.78. The number of furan rings is 1. The molecule has 0 aliphatic heterocycles. The van der Waals surface area contributed by atoms with Gasteiger partial charge in [0.2, 0.25) is 0 Å². The van der Waals surface area contributed by atoms with E-state index in [1.54, 1.807) is 29.0 Å². The number of imidazole rings is 1. The van der Waals surface area contributed by atoms with Crippen LogP contribution in [-0.2, 0) is 11.3 Å². The van der Waals surface area contributed by atoms with Gasteiger partial charge in [0.25, 0.3) is 0 Å². The zero-order valence-electron chi connectivity index (χ0n) is 9.28. The Bertz CT molecular complexity index is 701. The third kappa shape index (κ3) is 1.64. The second kappa shape index (κ2) is 3.99. The average Bonchev–Trinajstić information content (AvgIpc) is 2.96. The summed E-state index contributed by atoms with van der Waals surface area (Å²) in [7, 11) is 0. The molecule has 0 unspecified atom stereocenters. The summed E-state index contributed by atoms with van der Waals surface area (Å²) in [5.41, 5.74) is 1.94. The molecule has 18 heavy (non-hydrogen) atoms. The first-order valence-electron chi connectivity index (χ1n) is 5.31. The quantitative estimate of drug-likeness (QED) is 0.758. The number of carboxylic acid groups (broad SMARTS) is 1. The lowest BCUT2D eigenvalue weighted by atomic mass is 10.3. The third-order valence-electron chi connectivity index (χ3n) is 2.58. The molecule has 0 aliphatic carbocycles. The zero-order valence-corrected chi connectivity index (χ0v) is 9.28. The number of rotatable bonds is 3. The number of carboxylic acids is 1. The van der Waals surface area contributed by atoms with E-state index in [9.17, 15) is 4.79 Å². The third-order valence-corrected chi connectivity index (χ3v) is 2.58. The van der Waals surface area contributed by atoms with E-state index in [0.29, 0.717) is 17.0 Å². The van der Waals surface area contributed by atoms with Gasteiger partial charge in [-0.25, -0.2) is 9.97 Å². The first-order chi connectivity index (χ1) is 8.75. The van der Waals surface area contributed by atoms with E-state index < -0.39 is 5.97 Å². The summed E-state index contributed by atoms with van der Waals surface area (Å²) in [6.45, 7) is -0.186. The van der Waals surface area contributed by atoms with Gasteiger partial charge < -0.3 is 9.52 Å². The van der Waals surface area contributed by atoms with Gasteiger partial charge in [-0.2, -0.15) is 0 Å². The van der Waals surface area contributed by atoms with Gasteiger partial charge >= 0.3 is 5.97 Å². The molecule has 3 rings (SSSR count). The van der Waals surface area contributed by atoms with Crippen LogP contribution in [0.3, 0.4) is 0 Å². The van der Waals surface area contributed by atoms with Crippen LogP contribution in [-0.4, -0.2) is 25.6 Å². The summed E-state index contributed by atoms with van der Waals surface area (Å²) in [4.78, 5) is 19.5. The van der Waals surface area contributed by atoms with Crippen LogP contribution in [0, 0.1) is 0 Å². The molecule has 6 heteroatoms. The number of hydrogen-bond acceptors (Lipinski definition) is 4. The van der Waals surface area contributed by atoms with Crippen molar-refractivity contribution in [1.29, 1.82) is 0 Å². The van der Waals surface area contributed by atoms with E-state index in [2.05, 4.69) is 9.97 Å². The van der Waals surface area contributed by atoms with Gasteiger partial charge in [-0.1, -0.05) is 0 Å². The molecular weight excluding hydrogens is 234 g/mol. The van der Waals surface area contributed by atoms with Crippen LogP contribution < -0.4 is 0 Å². The van der Waals surface area contributed by atoms with Gasteiger partial charge in [-0.3, -0.25) is 9.36 Å². The van der Waals surface area contributed by atoms with E-state index in [4.69, 9.17) is 9.52 Å². The van der Waals surface area contributed by atoms with Crippen LogP contribution in [0.15, 0.2) is 41.3 Å². The van der Waals surface area contributed by atoms with Gasteiger partial charge in [0.05, 0.1) is 11.8 Å². The molecule has 0 saturated heterocycles. The van der Waals surface area contributed by atoms with Gasteiger partial charge in [-0.05, 0) is 18.2 Å². The Morgan fingerprint density at radius 1 is 1.44 bits per heavy atom. The first kappa shape index (κ1) is 10.5. The molecule has 0 fully saturated rings. The Balaban J connectivity index is 2.26. The summed E-state index contributed by atoms with van der Waals surface area (Å²) in [5, 5.41) is 8.97. The molecule has 0 radical (unpaired) electrons. The zero-order chi connectivity index (χ0) is 12.5. The van der Waals surface area contributed by atoms with E-state index >= 15 is 0 Å². The van der Waals surface area contributed by atoms with Crippen LogP contribution in [0.2, 0.25) is 0 Å². The highest BCUT2D eigenvalue weighted by molar-refractivity contribution is 5.79. The molecule has 1 N–H and O–H groups in total. The number of pyridine rings is 1. The van der Waals surface area contributed by atoms with Gasteiger partial charge in [0, 0.05) is 6.20 Å². The van der Waals surface area contributed by atoms with Crippen LogP contribution in [0.1, 0.15) is 0 Å².